The van der Waals surface area contributed by atoms with Crippen LogP contribution in [-0.2, 0) is 14.4 Å². The molecule has 0 aliphatic rings. The van der Waals surface area contributed by atoms with E-state index >= 15 is 0 Å². The van der Waals surface area contributed by atoms with E-state index < -0.39 is 36.3 Å². The van der Waals surface area contributed by atoms with E-state index in [0.717, 1.165) is 19.3 Å². The molecule has 0 spiro atoms. The maximum atomic E-state index is 11.8. The average Bonchev–Trinajstić information content (AvgIpc) is 2.82. The Bertz CT molecular complexity index is 561. The number of carboxylic acids is 1. The monoisotopic (exact) mass is 490 g/mol. The van der Waals surface area contributed by atoms with E-state index in [-0.39, 0.29) is 19.0 Å². The molecular formula is C24H46N2O8. The Morgan fingerprint density at radius 2 is 1.03 bits per heavy atom. The van der Waals surface area contributed by atoms with Gasteiger partial charge in [-0.1, -0.05) is 84.0 Å². The fraction of sp³-hybridized carbons (Fsp3) is 0.875. The number of carbonyl (C=O) groups excluding carboxylic acids is 2. The van der Waals surface area contributed by atoms with Crippen molar-refractivity contribution in [3.05, 3.63) is 0 Å². The minimum Gasteiger partial charge on any atom is -0.479 e. The average molecular weight is 491 g/mol. The molecule has 2 amide bonds. The standard InChI is InChI=1S/C24H46N2O8/c1-2-3-4-5-6-7-8-9-10-11-12-13-14-15-18(27)25-16-17-26-23(32)21(30)19(28)20(29)22(31)24(33)34/h19-22,28-31H,2-17H2,1H3,(H,25,27)(H,26,32)(H,33,34). The molecule has 0 saturated carbocycles. The predicted molar refractivity (Wildman–Crippen MR) is 128 cm³/mol. The zero-order valence-electron chi connectivity index (χ0n) is 20.6. The molecule has 0 aliphatic heterocycles. The van der Waals surface area contributed by atoms with Gasteiger partial charge in [0.25, 0.3) is 5.91 Å². The topological polar surface area (TPSA) is 176 Å². The Kier molecular flexibility index (Phi) is 19.5. The number of aliphatic hydroxyl groups excluding tert-OH is 4. The summed E-state index contributed by atoms with van der Waals surface area (Å²) < 4.78 is 0. The maximum absolute atomic E-state index is 11.8. The summed E-state index contributed by atoms with van der Waals surface area (Å²) in [7, 11) is 0. The first kappa shape index (κ1) is 32.2. The second-order valence-corrected chi connectivity index (χ2v) is 8.84. The summed E-state index contributed by atoms with van der Waals surface area (Å²) in [5, 5.41) is 51.4. The lowest BCUT2D eigenvalue weighted by atomic mass is 10.0. The fourth-order valence-corrected chi connectivity index (χ4v) is 3.56. The minimum atomic E-state index is -2.35. The zero-order chi connectivity index (χ0) is 25.8. The van der Waals surface area contributed by atoms with Crippen LogP contribution in [0.25, 0.3) is 0 Å². The van der Waals surface area contributed by atoms with Crippen LogP contribution in [0.1, 0.15) is 96.8 Å². The van der Waals surface area contributed by atoms with E-state index in [1.807, 2.05) is 0 Å². The Hall–Kier alpha value is -1.75. The Labute approximate surface area is 203 Å². The number of rotatable bonds is 22. The van der Waals surface area contributed by atoms with Crippen molar-refractivity contribution >= 4 is 17.8 Å². The van der Waals surface area contributed by atoms with Crippen molar-refractivity contribution < 1.29 is 39.9 Å². The number of aliphatic hydroxyl groups is 4. The smallest absolute Gasteiger partial charge is 0.335 e. The summed E-state index contributed by atoms with van der Waals surface area (Å²) in [5.41, 5.74) is 0. The number of hydrogen-bond donors (Lipinski definition) is 7. The van der Waals surface area contributed by atoms with Crippen LogP contribution in [0.3, 0.4) is 0 Å². The van der Waals surface area contributed by atoms with Gasteiger partial charge in [0.2, 0.25) is 5.91 Å². The second kappa shape index (κ2) is 20.6. The SMILES string of the molecule is CCCCCCCCCCCCCCCC(=O)NCCNC(=O)C(O)C(O)C(O)C(O)C(=O)O. The molecule has 4 unspecified atom stereocenters. The second-order valence-electron chi connectivity index (χ2n) is 8.84. The van der Waals surface area contributed by atoms with Crippen molar-refractivity contribution in [2.75, 3.05) is 13.1 Å². The quantitative estimate of drug-likeness (QED) is 0.111. The van der Waals surface area contributed by atoms with Gasteiger partial charge in [-0.2, -0.15) is 0 Å². The maximum Gasteiger partial charge on any atom is 0.335 e. The van der Waals surface area contributed by atoms with Crippen molar-refractivity contribution in [3.8, 4) is 0 Å². The highest BCUT2D eigenvalue weighted by atomic mass is 16.4. The zero-order valence-corrected chi connectivity index (χ0v) is 20.6. The molecule has 0 aliphatic carbocycles. The molecule has 0 heterocycles. The summed E-state index contributed by atoms with van der Waals surface area (Å²) in [6.45, 7) is 2.32. The summed E-state index contributed by atoms with van der Waals surface area (Å²) >= 11 is 0. The van der Waals surface area contributed by atoms with Gasteiger partial charge in [-0.3, -0.25) is 9.59 Å². The van der Waals surface area contributed by atoms with Crippen LogP contribution >= 0.6 is 0 Å². The molecule has 10 nitrogen and oxygen atoms in total. The summed E-state index contributed by atoms with van der Waals surface area (Å²) in [4.78, 5) is 34.2. The molecule has 0 radical (unpaired) electrons. The Balaban J connectivity index is 3.67. The number of unbranched alkanes of at least 4 members (excludes halogenated alkanes) is 12. The normalized spacial score (nSPS) is 14.7. The van der Waals surface area contributed by atoms with Crippen LogP contribution in [0.5, 0.6) is 0 Å². The van der Waals surface area contributed by atoms with Gasteiger partial charge in [-0.05, 0) is 6.42 Å². The van der Waals surface area contributed by atoms with Crippen molar-refractivity contribution in [3.63, 3.8) is 0 Å². The van der Waals surface area contributed by atoms with E-state index in [2.05, 4.69) is 17.6 Å². The van der Waals surface area contributed by atoms with Crippen molar-refractivity contribution in [2.24, 2.45) is 0 Å². The third-order valence-electron chi connectivity index (χ3n) is 5.77. The highest BCUT2D eigenvalue weighted by Gasteiger charge is 2.37. The fourth-order valence-electron chi connectivity index (χ4n) is 3.56. The molecule has 200 valence electrons. The third-order valence-corrected chi connectivity index (χ3v) is 5.77. The molecule has 0 aromatic rings. The van der Waals surface area contributed by atoms with E-state index in [1.54, 1.807) is 0 Å². The number of amides is 2. The van der Waals surface area contributed by atoms with E-state index in [1.165, 1.54) is 64.2 Å². The Morgan fingerprint density at radius 1 is 0.618 bits per heavy atom. The molecule has 4 atom stereocenters. The summed E-state index contributed by atoms with van der Waals surface area (Å²) in [6.07, 6.45) is 7.46. The van der Waals surface area contributed by atoms with Crippen LogP contribution in [-0.4, -0.2) is 80.8 Å². The van der Waals surface area contributed by atoms with Crippen LogP contribution < -0.4 is 10.6 Å². The van der Waals surface area contributed by atoms with Gasteiger partial charge >= 0.3 is 5.97 Å². The molecular weight excluding hydrogens is 444 g/mol. The number of aliphatic carboxylic acids is 1. The number of hydrogen-bond acceptors (Lipinski definition) is 7. The first-order valence-electron chi connectivity index (χ1n) is 12.7. The van der Waals surface area contributed by atoms with Gasteiger partial charge in [0.1, 0.15) is 12.2 Å². The molecule has 0 aromatic carbocycles. The van der Waals surface area contributed by atoms with Crippen LogP contribution in [0, 0.1) is 0 Å². The molecule has 34 heavy (non-hydrogen) atoms. The lowest BCUT2D eigenvalue weighted by Crippen LogP contribution is -2.53. The van der Waals surface area contributed by atoms with Crippen molar-refractivity contribution in [2.45, 2.75) is 121 Å². The highest BCUT2D eigenvalue weighted by Crippen LogP contribution is 2.13. The third kappa shape index (κ3) is 16.0. The largest absolute Gasteiger partial charge is 0.479 e. The van der Waals surface area contributed by atoms with Gasteiger partial charge in [-0.15, -0.1) is 0 Å². The van der Waals surface area contributed by atoms with Crippen LogP contribution in [0.2, 0.25) is 0 Å². The number of carbonyl (C=O) groups is 3. The molecule has 10 heteroatoms. The molecule has 0 saturated heterocycles. The predicted octanol–water partition coefficient (Wildman–Crippen LogP) is 1.23. The van der Waals surface area contributed by atoms with Gasteiger partial charge in [-0.25, -0.2) is 4.79 Å². The summed E-state index contributed by atoms with van der Waals surface area (Å²) in [5.74, 6) is -3.00. The van der Waals surface area contributed by atoms with Crippen LogP contribution in [0.15, 0.2) is 0 Å². The highest BCUT2D eigenvalue weighted by molar-refractivity contribution is 5.81. The van der Waals surface area contributed by atoms with Gasteiger partial charge in [0.05, 0.1) is 0 Å². The van der Waals surface area contributed by atoms with Crippen LogP contribution in [0.4, 0.5) is 0 Å². The van der Waals surface area contributed by atoms with E-state index in [4.69, 9.17) is 10.2 Å². The number of carboxylic acid groups (broad SMARTS) is 1. The van der Waals surface area contributed by atoms with E-state index in [0.29, 0.717) is 6.42 Å². The van der Waals surface area contributed by atoms with Crippen molar-refractivity contribution in [1.29, 1.82) is 0 Å². The summed E-state index contributed by atoms with van der Waals surface area (Å²) in [6, 6.07) is 0. The van der Waals surface area contributed by atoms with Crippen molar-refractivity contribution in [1.82, 2.24) is 10.6 Å². The molecule has 0 rings (SSSR count). The first-order chi connectivity index (χ1) is 16.2. The van der Waals surface area contributed by atoms with Gasteiger partial charge in [0, 0.05) is 19.5 Å². The lowest BCUT2D eigenvalue weighted by Gasteiger charge is -2.23. The number of nitrogens with one attached hydrogen (secondary N) is 2. The molecule has 0 aromatic heterocycles. The van der Waals surface area contributed by atoms with E-state index in [9.17, 15) is 29.7 Å². The van der Waals surface area contributed by atoms with Gasteiger partial charge in [0.15, 0.2) is 12.2 Å². The lowest BCUT2D eigenvalue weighted by molar-refractivity contribution is -0.166. The first-order valence-corrected chi connectivity index (χ1v) is 12.7. The molecule has 0 bridgehead atoms. The molecule has 0 fully saturated rings. The van der Waals surface area contributed by atoms with Gasteiger partial charge < -0.3 is 36.2 Å². The minimum absolute atomic E-state index is 0.0233. The Morgan fingerprint density at radius 3 is 1.50 bits per heavy atom. The molecule has 7 N–H and O–H groups in total.